The number of benzene rings is 1. The molecule has 37 heavy (non-hydrogen) atoms. The molecule has 1 aromatic carbocycles. The number of phenols is 1. The van der Waals surface area contributed by atoms with Crippen molar-refractivity contribution in [1.82, 2.24) is 0 Å². The molecule has 1 aromatic rings. The van der Waals surface area contributed by atoms with Crippen molar-refractivity contribution in [3.05, 3.63) is 40.5 Å². The fourth-order valence-corrected chi connectivity index (χ4v) is 9.80. The predicted octanol–water partition coefficient (Wildman–Crippen LogP) is 9.25. The molecular weight excluding hydrogens is 452 g/mol. The molecular formula is C35H54O2. The van der Waals surface area contributed by atoms with Gasteiger partial charge in [0.25, 0.3) is 0 Å². The molecule has 206 valence electrons. The van der Waals surface area contributed by atoms with E-state index in [1.54, 1.807) is 5.57 Å². The molecule has 0 aliphatic heterocycles. The molecule has 0 radical (unpaired) electrons. The van der Waals surface area contributed by atoms with E-state index in [9.17, 15) is 10.2 Å². The molecule has 2 nitrogen and oxygen atoms in total. The highest BCUT2D eigenvalue weighted by Gasteiger charge is 2.52. The maximum Gasteiger partial charge on any atom is 0.119 e. The van der Waals surface area contributed by atoms with Crippen LogP contribution in [0.4, 0.5) is 0 Å². The Morgan fingerprint density at radius 1 is 0.973 bits per heavy atom. The van der Waals surface area contributed by atoms with Gasteiger partial charge in [-0.2, -0.15) is 0 Å². The summed E-state index contributed by atoms with van der Waals surface area (Å²) in [5.41, 5.74) is 5.67. The van der Waals surface area contributed by atoms with Crippen LogP contribution in [0.25, 0.3) is 0 Å². The summed E-state index contributed by atoms with van der Waals surface area (Å²) in [4.78, 5) is 0. The molecule has 4 aliphatic rings. The van der Waals surface area contributed by atoms with Crippen molar-refractivity contribution in [2.45, 2.75) is 136 Å². The summed E-state index contributed by atoms with van der Waals surface area (Å²) in [7, 11) is 0. The molecule has 2 heteroatoms. The Kier molecular flexibility index (Phi) is 6.95. The summed E-state index contributed by atoms with van der Waals surface area (Å²) < 4.78 is 0. The zero-order chi connectivity index (χ0) is 26.9. The zero-order valence-corrected chi connectivity index (χ0v) is 25.0. The summed E-state index contributed by atoms with van der Waals surface area (Å²) in [5.74, 6) is 4.25. The molecule has 0 aromatic heterocycles. The smallest absolute Gasteiger partial charge is 0.119 e. The number of hydrogen-bond donors (Lipinski definition) is 2. The van der Waals surface area contributed by atoms with Gasteiger partial charge in [0.15, 0.2) is 0 Å². The largest absolute Gasteiger partial charge is 0.508 e. The second-order valence-electron chi connectivity index (χ2n) is 15.5. The van der Waals surface area contributed by atoms with Crippen molar-refractivity contribution in [3.63, 3.8) is 0 Å². The van der Waals surface area contributed by atoms with Crippen molar-refractivity contribution in [2.24, 2.45) is 35.0 Å². The lowest BCUT2D eigenvalue weighted by atomic mass is 9.48. The lowest BCUT2D eigenvalue weighted by Gasteiger charge is -2.56. The van der Waals surface area contributed by atoms with Crippen molar-refractivity contribution in [2.75, 3.05) is 0 Å². The van der Waals surface area contributed by atoms with Gasteiger partial charge in [0, 0.05) is 0 Å². The number of phenolic OH excluding ortho intramolecular Hbond substituents is 1. The van der Waals surface area contributed by atoms with Crippen LogP contribution in [0.5, 0.6) is 5.75 Å². The van der Waals surface area contributed by atoms with Crippen LogP contribution in [-0.2, 0) is 5.41 Å². The Bertz CT molecular complexity index is 1040. The molecule has 0 unspecified atom stereocenters. The molecule has 0 bridgehead atoms. The van der Waals surface area contributed by atoms with Crippen LogP contribution < -0.4 is 0 Å². The van der Waals surface area contributed by atoms with Gasteiger partial charge in [-0.05, 0) is 133 Å². The number of aromatic hydroxyl groups is 1. The summed E-state index contributed by atoms with van der Waals surface area (Å²) in [6.45, 7) is 18.8. The molecule has 0 heterocycles. The van der Waals surface area contributed by atoms with Crippen molar-refractivity contribution < 1.29 is 10.2 Å². The van der Waals surface area contributed by atoms with E-state index in [-0.39, 0.29) is 5.41 Å². The second-order valence-corrected chi connectivity index (χ2v) is 15.5. The minimum Gasteiger partial charge on any atom is -0.508 e. The molecule has 2 N–H and O–H groups in total. The monoisotopic (exact) mass is 506 g/mol. The standard InChI is InChI=1S/C35H54O2/c1-21(2)25-12-15-35(8,37)29-11-10-23(17-28(25)29)16-24-18-32-33(5,6)13-9-14-34(32,7)30-20-31(36)26(22(3)4)19-27(24)30/h17,19-22,24-25,28-29,32,36-37H,9-16,18H2,1-8H3/t24-,25+,28+,29-,32+,34-,35-/m1/s1. The van der Waals surface area contributed by atoms with Crippen LogP contribution >= 0.6 is 0 Å². The van der Waals surface area contributed by atoms with E-state index >= 15 is 0 Å². The number of hydrogen-bond acceptors (Lipinski definition) is 2. The van der Waals surface area contributed by atoms with E-state index in [1.165, 1.54) is 36.8 Å². The Morgan fingerprint density at radius 3 is 2.38 bits per heavy atom. The third-order valence-corrected chi connectivity index (χ3v) is 11.9. The maximum atomic E-state index is 11.3. The highest BCUT2D eigenvalue weighted by Crippen LogP contribution is 2.61. The quantitative estimate of drug-likeness (QED) is 0.399. The first-order valence-corrected chi connectivity index (χ1v) is 15.5. The van der Waals surface area contributed by atoms with Crippen molar-refractivity contribution >= 4 is 0 Å². The predicted molar refractivity (Wildman–Crippen MR) is 155 cm³/mol. The van der Waals surface area contributed by atoms with Gasteiger partial charge < -0.3 is 10.2 Å². The fourth-order valence-electron chi connectivity index (χ4n) is 9.80. The zero-order valence-electron chi connectivity index (χ0n) is 25.0. The van der Waals surface area contributed by atoms with E-state index in [0.29, 0.717) is 52.6 Å². The average Bonchev–Trinajstić information content (AvgIpc) is 2.79. The number of fused-ring (bicyclic) bond motifs is 4. The van der Waals surface area contributed by atoms with Gasteiger partial charge in [-0.25, -0.2) is 0 Å². The molecule has 2 fully saturated rings. The van der Waals surface area contributed by atoms with Crippen molar-refractivity contribution in [3.8, 4) is 5.75 Å². The Labute approximate surface area is 227 Å². The number of allylic oxidation sites excluding steroid dienone is 2. The fraction of sp³-hybridized carbons (Fsp3) is 0.771. The van der Waals surface area contributed by atoms with Crippen LogP contribution in [0.2, 0.25) is 0 Å². The van der Waals surface area contributed by atoms with Crippen molar-refractivity contribution in [1.29, 1.82) is 0 Å². The summed E-state index contributed by atoms with van der Waals surface area (Å²) in [5, 5.41) is 22.4. The third kappa shape index (κ3) is 4.62. The minimum atomic E-state index is -0.521. The maximum absolute atomic E-state index is 11.3. The van der Waals surface area contributed by atoms with E-state index in [4.69, 9.17) is 0 Å². The molecule has 7 atom stereocenters. The van der Waals surface area contributed by atoms with Gasteiger partial charge in [-0.15, -0.1) is 0 Å². The van der Waals surface area contributed by atoms with Gasteiger partial charge in [-0.1, -0.05) is 72.6 Å². The first kappa shape index (κ1) is 27.3. The average molecular weight is 507 g/mol. The minimum absolute atomic E-state index is 0.150. The van der Waals surface area contributed by atoms with Crippen LogP contribution in [0.3, 0.4) is 0 Å². The highest BCUT2D eigenvalue weighted by molar-refractivity contribution is 5.50. The number of rotatable bonds is 4. The first-order valence-electron chi connectivity index (χ1n) is 15.5. The SMILES string of the molecule is CC(C)c1cc2c(cc1O)[C@@]1(C)CCCC(C)(C)[C@@H]1C[C@H]2CC1=C[C@@H]2[C@@H](CC1)[C@](C)(O)CC[C@H]2C(C)C. The van der Waals surface area contributed by atoms with Crippen LogP contribution in [0.1, 0.15) is 142 Å². The first-order chi connectivity index (χ1) is 17.2. The summed E-state index contributed by atoms with van der Waals surface area (Å²) in [6.07, 6.45) is 13.2. The molecule has 0 amide bonds. The van der Waals surface area contributed by atoms with Gasteiger partial charge in [0.2, 0.25) is 0 Å². The molecule has 0 saturated heterocycles. The highest BCUT2D eigenvalue weighted by atomic mass is 16.3. The molecule has 4 aliphatic carbocycles. The lowest BCUT2D eigenvalue weighted by Crippen LogP contribution is -2.49. The third-order valence-electron chi connectivity index (χ3n) is 11.9. The molecule has 2 saturated carbocycles. The lowest BCUT2D eigenvalue weighted by molar-refractivity contribution is -0.0809. The van der Waals surface area contributed by atoms with Gasteiger partial charge >= 0.3 is 0 Å². The number of aliphatic hydroxyl groups is 1. The molecule has 0 spiro atoms. The van der Waals surface area contributed by atoms with Gasteiger partial charge in [0.1, 0.15) is 5.75 Å². The van der Waals surface area contributed by atoms with Crippen LogP contribution in [-0.4, -0.2) is 15.8 Å². The Balaban J connectivity index is 1.54. The van der Waals surface area contributed by atoms with E-state index < -0.39 is 5.60 Å². The van der Waals surface area contributed by atoms with Crippen LogP contribution in [0, 0.1) is 35.0 Å². The molecule has 5 rings (SSSR count). The topological polar surface area (TPSA) is 40.5 Å². The van der Waals surface area contributed by atoms with E-state index in [2.05, 4.69) is 73.6 Å². The normalized spacial score (nSPS) is 39.1. The summed E-state index contributed by atoms with van der Waals surface area (Å²) in [6, 6.07) is 4.58. The Hall–Kier alpha value is -1.28. The van der Waals surface area contributed by atoms with E-state index in [1.807, 2.05) is 0 Å². The van der Waals surface area contributed by atoms with Crippen LogP contribution in [0.15, 0.2) is 23.8 Å². The van der Waals surface area contributed by atoms with E-state index in [0.717, 1.165) is 37.7 Å². The van der Waals surface area contributed by atoms with Gasteiger partial charge in [-0.3, -0.25) is 0 Å². The van der Waals surface area contributed by atoms with Gasteiger partial charge in [0.05, 0.1) is 5.60 Å². The second kappa shape index (κ2) is 9.42. The Morgan fingerprint density at radius 2 is 1.70 bits per heavy atom. The summed E-state index contributed by atoms with van der Waals surface area (Å²) >= 11 is 0.